The molecule has 2 aliphatic heterocycles. The van der Waals surface area contributed by atoms with E-state index >= 15 is 4.39 Å². The van der Waals surface area contributed by atoms with E-state index in [1.165, 1.54) is 23.1 Å². The average molecular weight is 453 g/mol. The number of hydrogen-bond acceptors (Lipinski definition) is 5. The number of amides is 2. The standard InChI is InChI=1S/C22H26ClFN2O5/c1-5-30-20(28)16-9-6-13-10-12(11-17(27)26(13)16)18-15(8-7-14(23)19(18)24)25-21(29)31-22(2,3)4/h7-8,11,13,16H,5-6,9-10H2,1-4H3,(H,25,29)/t13?,16-/m0/s1. The molecule has 2 atom stereocenters. The van der Waals surface area contributed by atoms with E-state index in [-0.39, 0.29) is 28.9 Å². The SMILES string of the molecule is CCOC(=O)[C@@H]1CCC2CC(c3c(NC(=O)OC(C)(C)C)ccc(Cl)c3F)=CC(=O)N21. The van der Waals surface area contributed by atoms with E-state index in [9.17, 15) is 14.4 Å². The Labute approximate surface area is 185 Å². The first-order valence-corrected chi connectivity index (χ1v) is 10.6. The Kier molecular flexibility index (Phi) is 6.59. The van der Waals surface area contributed by atoms with Crippen LogP contribution in [0.3, 0.4) is 0 Å². The lowest BCUT2D eigenvalue weighted by atomic mass is 9.92. The fraction of sp³-hybridized carbons (Fsp3) is 0.500. The van der Waals surface area contributed by atoms with Crippen LogP contribution in [0.5, 0.6) is 0 Å². The normalized spacial score (nSPS) is 20.8. The second kappa shape index (κ2) is 8.86. The minimum Gasteiger partial charge on any atom is -0.464 e. The third kappa shape index (κ3) is 5.01. The first-order valence-electron chi connectivity index (χ1n) is 10.2. The molecule has 1 unspecified atom stereocenters. The third-order valence-corrected chi connectivity index (χ3v) is 5.41. The van der Waals surface area contributed by atoms with Gasteiger partial charge in [0.25, 0.3) is 0 Å². The van der Waals surface area contributed by atoms with E-state index in [0.29, 0.717) is 24.8 Å². The molecule has 2 heterocycles. The maximum atomic E-state index is 15.0. The van der Waals surface area contributed by atoms with Crippen LogP contribution in [0.15, 0.2) is 18.2 Å². The van der Waals surface area contributed by atoms with Crippen molar-refractivity contribution in [2.45, 2.75) is 64.6 Å². The summed E-state index contributed by atoms with van der Waals surface area (Å²) in [4.78, 5) is 38.8. The van der Waals surface area contributed by atoms with Gasteiger partial charge in [0.2, 0.25) is 5.91 Å². The molecule has 1 N–H and O–H groups in total. The van der Waals surface area contributed by atoms with Crippen molar-refractivity contribution in [2.75, 3.05) is 11.9 Å². The van der Waals surface area contributed by atoms with E-state index in [2.05, 4.69) is 5.32 Å². The summed E-state index contributed by atoms with van der Waals surface area (Å²) >= 11 is 5.99. The Bertz CT molecular complexity index is 941. The van der Waals surface area contributed by atoms with Crippen LogP contribution in [-0.4, -0.2) is 47.2 Å². The van der Waals surface area contributed by atoms with Gasteiger partial charge in [-0.3, -0.25) is 10.1 Å². The van der Waals surface area contributed by atoms with Gasteiger partial charge in [-0.1, -0.05) is 11.6 Å². The average Bonchev–Trinajstić information content (AvgIpc) is 3.08. The third-order valence-electron chi connectivity index (χ3n) is 5.12. The Balaban J connectivity index is 1.93. The van der Waals surface area contributed by atoms with Crippen molar-refractivity contribution in [3.05, 3.63) is 34.6 Å². The zero-order valence-electron chi connectivity index (χ0n) is 18.0. The quantitative estimate of drug-likeness (QED) is 0.678. The molecule has 2 aliphatic rings. The lowest BCUT2D eigenvalue weighted by Crippen LogP contribution is -2.46. The topological polar surface area (TPSA) is 84.9 Å². The number of carbonyl (C=O) groups excluding carboxylic acids is 3. The molecule has 9 heteroatoms. The highest BCUT2D eigenvalue weighted by Gasteiger charge is 2.44. The fourth-order valence-electron chi connectivity index (χ4n) is 3.98. The zero-order valence-corrected chi connectivity index (χ0v) is 18.7. The van der Waals surface area contributed by atoms with Gasteiger partial charge < -0.3 is 14.4 Å². The van der Waals surface area contributed by atoms with Crippen molar-refractivity contribution >= 4 is 40.8 Å². The molecule has 31 heavy (non-hydrogen) atoms. The predicted octanol–water partition coefficient (Wildman–Crippen LogP) is 4.54. The Hall–Kier alpha value is -2.61. The first-order chi connectivity index (χ1) is 14.5. The summed E-state index contributed by atoms with van der Waals surface area (Å²) in [6.45, 7) is 7.09. The first kappa shape index (κ1) is 23.1. The molecule has 168 valence electrons. The molecule has 0 bridgehead atoms. The fourth-order valence-corrected chi connectivity index (χ4v) is 4.14. The van der Waals surface area contributed by atoms with Crippen LogP contribution in [0.2, 0.25) is 5.02 Å². The van der Waals surface area contributed by atoms with Crippen molar-refractivity contribution in [3.8, 4) is 0 Å². The minimum atomic E-state index is -0.747. The van der Waals surface area contributed by atoms with Gasteiger partial charge in [0.05, 0.1) is 17.3 Å². The van der Waals surface area contributed by atoms with E-state index < -0.39 is 35.4 Å². The summed E-state index contributed by atoms with van der Waals surface area (Å²) in [5, 5.41) is 2.42. The zero-order chi connectivity index (χ0) is 22.9. The molecule has 0 spiro atoms. The van der Waals surface area contributed by atoms with Crippen LogP contribution in [0.1, 0.15) is 52.5 Å². The molecule has 7 nitrogen and oxygen atoms in total. The molecule has 1 saturated heterocycles. The Morgan fingerprint density at radius 1 is 1.29 bits per heavy atom. The number of nitrogens with one attached hydrogen (secondary N) is 1. The summed E-state index contributed by atoms with van der Waals surface area (Å²) in [5.41, 5.74) is -0.127. The molecule has 1 aromatic rings. The molecular formula is C22H26ClFN2O5. The van der Waals surface area contributed by atoms with Crippen molar-refractivity contribution in [1.82, 2.24) is 4.90 Å². The van der Waals surface area contributed by atoms with Gasteiger partial charge in [0.1, 0.15) is 11.6 Å². The maximum Gasteiger partial charge on any atom is 0.412 e. The molecule has 0 aliphatic carbocycles. The van der Waals surface area contributed by atoms with E-state index in [1.54, 1.807) is 27.7 Å². The van der Waals surface area contributed by atoms with Crippen molar-refractivity contribution < 1.29 is 28.2 Å². The van der Waals surface area contributed by atoms with Crippen LogP contribution < -0.4 is 5.32 Å². The summed E-state index contributed by atoms with van der Waals surface area (Å²) in [6, 6.07) is 1.89. The molecule has 0 aromatic heterocycles. The van der Waals surface area contributed by atoms with Gasteiger partial charge in [0, 0.05) is 17.7 Å². The van der Waals surface area contributed by atoms with Crippen molar-refractivity contribution in [2.24, 2.45) is 0 Å². The molecule has 1 fully saturated rings. The number of nitrogens with zero attached hydrogens (tertiary/aromatic N) is 1. The Morgan fingerprint density at radius 3 is 2.65 bits per heavy atom. The van der Waals surface area contributed by atoms with Gasteiger partial charge in [-0.15, -0.1) is 0 Å². The van der Waals surface area contributed by atoms with Gasteiger partial charge in [0.15, 0.2) is 5.82 Å². The lowest BCUT2D eigenvalue weighted by molar-refractivity contribution is -0.153. The number of anilines is 1. The van der Waals surface area contributed by atoms with Crippen LogP contribution in [0.25, 0.3) is 5.57 Å². The van der Waals surface area contributed by atoms with Crippen LogP contribution in [0.4, 0.5) is 14.9 Å². The number of carbonyl (C=O) groups is 3. The summed E-state index contributed by atoms with van der Waals surface area (Å²) < 4.78 is 25.4. The monoisotopic (exact) mass is 452 g/mol. The molecule has 1 aromatic carbocycles. The van der Waals surface area contributed by atoms with E-state index in [1.807, 2.05) is 0 Å². The number of benzene rings is 1. The minimum absolute atomic E-state index is 0.0472. The van der Waals surface area contributed by atoms with Crippen LogP contribution in [0, 0.1) is 5.82 Å². The number of fused-ring (bicyclic) bond motifs is 1. The number of rotatable bonds is 4. The highest BCUT2D eigenvalue weighted by Crippen LogP contribution is 2.40. The Morgan fingerprint density at radius 2 is 2.00 bits per heavy atom. The van der Waals surface area contributed by atoms with Gasteiger partial charge in [-0.2, -0.15) is 0 Å². The summed E-state index contributed by atoms with van der Waals surface area (Å²) in [6.07, 6.45) is 1.94. The van der Waals surface area contributed by atoms with E-state index in [4.69, 9.17) is 21.1 Å². The van der Waals surface area contributed by atoms with E-state index in [0.717, 1.165) is 0 Å². The number of esters is 1. The number of halogens is 2. The van der Waals surface area contributed by atoms with Gasteiger partial charge in [-0.05, 0) is 64.7 Å². The highest BCUT2D eigenvalue weighted by atomic mass is 35.5. The van der Waals surface area contributed by atoms with Crippen LogP contribution in [-0.2, 0) is 19.1 Å². The van der Waals surface area contributed by atoms with Crippen molar-refractivity contribution in [1.29, 1.82) is 0 Å². The van der Waals surface area contributed by atoms with Gasteiger partial charge >= 0.3 is 12.1 Å². The molecular weight excluding hydrogens is 427 g/mol. The predicted molar refractivity (Wildman–Crippen MR) is 114 cm³/mol. The summed E-state index contributed by atoms with van der Waals surface area (Å²) in [7, 11) is 0. The van der Waals surface area contributed by atoms with Crippen molar-refractivity contribution in [3.63, 3.8) is 0 Å². The summed E-state index contributed by atoms with van der Waals surface area (Å²) in [5.74, 6) is -1.57. The number of ether oxygens (including phenoxy) is 2. The molecule has 3 rings (SSSR count). The maximum absolute atomic E-state index is 15.0. The lowest BCUT2D eigenvalue weighted by Gasteiger charge is -2.33. The van der Waals surface area contributed by atoms with Crippen LogP contribution >= 0.6 is 11.6 Å². The largest absolute Gasteiger partial charge is 0.464 e. The second-order valence-electron chi connectivity index (χ2n) is 8.53. The number of hydrogen-bond donors (Lipinski definition) is 1. The molecule has 2 amide bonds. The smallest absolute Gasteiger partial charge is 0.412 e. The highest BCUT2D eigenvalue weighted by molar-refractivity contribution is 6.31. The second-order valence-corrected chi connectivity index (χ2v) is 8.94. The van der Waals surface area contributed by atoms with Gasteiger partial charge in [-0.25, -0.2) is 14.0 Å². The molecule has 0 radical (unpaired) electrons. The molecule has 0 saturated carbocycles.